The number of thiazole rings is 1. The van der Waals surface area contributed by atoms with Gasteiger partial charge in [0.15, 0.2) is 5.01 Å². The standard InChI is InChI=1S/C8H3BrN2S/c9-5-2-1-3-6-8(5)12-7(4-10)11-6/h1-3H. The minimum absolute atomic E-state index is 0.511. The maximum Gasteiger partial charge on any atom is 0.195 e. The van der Waals surface area contributed by atoms with Crippen molar-refractivity contribution in [1.82, 2.24) is 4.98 Å². The molecule has 0 atom stereocenters. The van der Waals surface area contributed by atoms with Gasteiger partial charge in [0, 0.05) is 4.47 Å². The van der Waals surface area contributed by atoms with Gasteiger partial charge in [0.05, 0.1) is 10.2 Å². The van der Waals surface area contributed by atoms with Crippen LogP contribution in [-0.2, 0) is 0 Å². The van der Waals surface area contributed by atoms with E-state index >= 15 is 0 Å². The van der Waals surface area contributed by atoms with Crippen molar-refractivity contribution in [2.75, 3.05) is 0 Å². The van der Waals surface area contributed by atoms with E-state index < -0.39 is 0 Å². The molecule has 0 aliphatic heterocycles. The van der Waals surface area contributed by atoms with Crippen LogP contribution >= 0.6 is 27.3 Å². The van der Waals surface area contributed by atoms with Crippen LogP contribution in [-0.4, -0.2) is 4.98 Å². The van der Waals surface area contributed by atoms with E-state index in [0.717, 1.165) is 14.7 Å². The Hall–Kier alpha value is -0.920. The zero-order valence-corrected chi connectivity index (χ0v) is 8.32. The molecule has 58 valence electrons. The highest BCUT2D eigenvalue weighted by Gasteiger charge is 2.04. The summed E-state index contributed by atoms with van der Waals surface area (Å²) in [4.78, 5) is 4.12. The van der Waals surface area contributed by atoms with Gasteiger partial charge in [0.2, 0.25) is 0 Å². The van der Waals surface area contributed by atoms with E-state index in [9.17, 15) is 0 Å². The first-order valence-corrected chi connectivity index (χ1v) is 4.87. The Morgan fingerprint density at radius 3 is 3.00 bits per heavy atom. The Morgan fingerprint density at radius 1 is 1.50 bits per heavy atom. The third kappa shape index (κ3) is 1.11. The summed E-state index contributed by atoms with van der Waals surface area (Å²) in [6.07, 6.45) is 0. The molecule has 0 saturated carbocycles. The van der Waals surface area contributed by atoms with E-state index in [1.54, 1.807) is 0 Å². The lowest BCUT2D eigenvalue weighted by Gasteiger charge is -1.88. The predicted molar refractivity (Wildman–Crippen MR) is 52.0 cm³/mol. The van der Waals surface area contributed by atoms with Crippen LogP contribution in [0.25, 0.3) is 10.2 Å². The summed E-state index contributed by atoms with van der Waals surface area (Å²) < 4.78 is 2.04. The Kier molecular flexibility index (Phi) is 1.83. The van der Waals surface area contributed by atoms with E-state index in [4.69, 9.17) is 5.26 Å². The maximum absolute atomic E-state index is 8.61. The van der Waals surface area contributed by atoms with Gasteiger partial charge in [-0.1, -0.05) is 6.07 Å². The molecule has 0 saturated heterocycles. The molecule has 1 heterocycles. The third-order valence-corrected chi connectivity index (χ3v) is 3.39. The third-order valence-electron chi connectivity index (χ3n) is 1.46. The molecule has 0 spiro atoms. The molecule has 0 amide bonds. The number of benzene rings is 1. The summed E-state index contributed by atoms with van der Waals surface area (Å²) >= 11 is 4.81. The number of hydrogen-bond acceptors (Lipinski definition) is 3. The number of nitriles is 1. The van der Waals surface area contributed by atoms with Crippen LogP contribution in [0, 0.1) is 11.3 Å². The molecule has 0 aliphatic carbocycles. The molecule has 4 heteroatoms. The summed E-state index contributed by atoms with van der Waals surface area (Å²) in [6, 6.07) is 7.79. The number of rotatable bonds is 0. The van der Waals surface area contributed by atoms with Crippen LogP contribution in [0.1, 0.15) is 5.01 Å². The zero-order valence-electron chi connectivity index (χ0n) is 5.91. The first-order chi connectivity index (χ1) is 5.81. The number of fused-ring (bicyclic) bond motifs is 1. The van der Waals surface area contributed by atoms with Gasteiger partial charge in [0.25, 0.3) is 0 Å². The van der Waals surface area contributed by atoms with E-state index in [0.29, 0.717) is 5.01 Å². The summed E-state index contributed by atoms with van der Waals surface area (Å²) in [5, 5.41) is 9.12. The molecule has 0 aliphatic rings. The van der Waals surface area contributed by atoms with Gasteiger partial charge in [0.1, 0.15) is 6.07 Å². The fourth-order valence-electron chi connectivity index (χ4n) is 0.963. The Labute approximate surface area is 81.6 Å². The second-order valence-corrected chi connectivity index (χ2v) is 4.07. The van der Waals surface area contributed by atoms with Crippen molar-refractivity contribution in [1.29, 1.82) is 5.26 Å². The Morgan fingerprint density at radius 2 is 2.33 bits per heavy atom. The summed E-state index contributed by atoms with van der Waals surface area (Å²) in [5.74, 6) is 0. The summed E-state index contributed by atoms with van der Waals surface area (Å²) in [5.41, 5.74) is 0.880. The van der Waals surface area contributed by atoms with Crippen molar-refractivity contribution in [3.63, 3.8) is 0 Å². The van der Waals surface area contributed by atoms with Crippen molar-refractivity contribution in [3.8, 4) is 6.07 Å². The molecule has 12 heavy (non-hydrogen) atoms. The van der Waals surface area contributed by atoms with Crippen LogP contribution < -0.4 is 0 Å². The van der Waals surface area contributed by atoms with Crippen molar-refractivity contribution in [2.24, 2.45) is 0 Å². The molecule has 2 rings (SSSR count). The molecule has 2 nitrogen and oxygen atoms in total. The van der Waals surface area contributed by atoms with Gasteiger partial charge in [-0.3, -0.25) is 0 Å². The van der Waals surface area contributed by atoms with Crippen LogP contribution in [0.5, 0.6) is 0 Å². The summed E-state index contributed by atoms with van der Waals surface area (Å²) in [7, 11) is 0. The van der Waals surface area contributed by atoms with Crippen LogP contribution in [0.3, 0.4) is 0 Å². The van der Waals surface area contributed by atoms with E-state index in [-0.39, 0.29) is 0 Å². The Bertz CT molecular complexity index is 469. The number of halogens is 1. The molecule has 2 aromatic rings. The average Bonchev–Trinajstić information content (AvgIpc) is 2.49. The van der Waals surface area contributed by atoms with E-state index in [2.05, 4.69) is 20.9 Å². The van der Waals surface area contributed by atoms with Crippen LogP contribution in [0.2, 0.25) is 0 Å². The lowest BCUT2D eigenvalue weighted by Crippen LogP contribution is -1.68. The largest absolute Gasteiger partial charge is 0.226 e. The van der Waals surface area contributed by atoms with Gasteiger partial charge in [-0.25, -0.2) is 4.98 Å². The Balaban J connectivity index is 2.85. The lowest BCUT2D eigenvalue weighted by molar-refractivity contribution is 1.40. The smallest absolute Gasteiger partial charge is 0.195 e. The van der Waals surface area contributed by atoms with Crippen LogP contribution in [0.4, 0.5) is 0 Å². The van der Waals surface area contributed by atoms with E-state index in [1.807, 2.05) is 24.3 Å². The fourth-order valence-corrected chi connectivity index (χ4v) is 2.33. The normalized spacial score (nSPS) is 10.0. The monoisotopic (exact) mass is 238 g/mol. The second-order valence-electron chi connectivity index (χ2n) is 2.22. The molecule has 0 fully saturated rings. The fraction of sp³-hybridized carbons (Fsp3) is 0. The van der Waals surface area contributed by atoms with Gasteiger partial charge >= 0.3 is 0 Å². The molecular formula is C8H3BrN2S. The highest BCUT2D eigenvalue weighted by molar-refractivity contribution is 9.10. The number of nitrogens with zero attached hydrogens (tertiary/aromatic N) is 2. The highest BCUT2D eigenvalue weighted by atomic mass is 79.9. The number of aromatic nitrogens is 1. The molecule has 1 aromatic carbocycles. The van der Waals surface area contributed by atoms with Crippen molar-refractivity contribution >= 4 is 37.5 Å². The molecular weight excluding hydrogens is 236 g/mol. The quantitative estimate of drug-likeness (QED) is 0.708. The van der Waals surface area contributed by atoms with Gasteiger partial charge in [-0.2, -0.15) is 5.26 Å². The van der Waals surface area contributed by atoms with Crippen molar-refractivity contribution < 1.29 is 0 Å². The van der Waals surface area contributed by atoms with Gasteiger partial charge in [-0.15, -0.1) is 11.3 Å². The topological polar surface area (TPSA) is 36.7 Å². The minimum Gasteiger partial charge on any atom is -0.226 e. The average molecular weight is 239 g/mol. The van der Waals surface area contributed by atoms with Crippen molar-refractivity contribution in [3.05, 3.63) is 27.7 Å². The molecule has 0 bridgehead atoms. The second kappa shape index (κ2) is 2.85. The van der Waals surface area contributed by atoms with Crippen molar-refractivity contribution in [2.45, 2.75) is 0 Å². The maximum atomic E-state index is 8.61. The van der Waals surface area contributed by atoms with Crippen LogP contribution in [0.15, 0.2) is 22.7 Å². The lowest BCUT2D eigenvalue weighted by atomic mass is 10.3. The van der Waals surface area contributed by atoms with Gasteiger partial charge < -0.3 is 0 Å². The minimum atomic E-state index is 0.511. The predicted octanol–water partition coefficient (Wildman–Crippen LogP) is 2.93. The first kappa shape index (κ1) is 7.71. The van der Waals surface area contributed by atoms with E-state index in [1.165, 1.54) is 11.3 Å². The molecule has 0 N–H and O–H groups in total. The molecule has 1 aromatic heterocycles. The van der Waals surface area contributed by atoms with Gasteiger partial charge in [-0.05, 0) is 28.1 Å². The summed E-state index contributed by atoms with van der Waals surface area (Å²) in [6.45, 7) is 0. The highest BCUT2D eigenvalue weighted by Crippen LogP contribution is 2.28. The molecule has 0 radical (unpaired) electrons. The number of hydrogen-bond donors (Lipinski definition) is 0. The molecule has 0 unspecified atom stereocenters. The SMILES string of the molecule is N#Cc1nc2cccc(Br)c2s1. The first-order valence-electron chi connectivity index (χ1n) is 3.26. The zero-order chi connectivity index (χ0) is 8.55.